The third kappa shape index (κ3) is 2.88. The molecule has 0 saturated carbocycles. The standard InChI is InChI=1S/C19H25N3O/c23-19-16-10-4-5-11-17(16)20-22(19)18-12-6-7-13-21(18)14-15-8-2-1-3-9-15/h1-2,4-5,10-11,15,18,20H,3,6-9,12-14H2. The van der Waals surface area contributed by atoms with E-state index in [9.17, 15) is 4.79 Å². The quantitative estimate of drug-likeness (QED) is 0.879. The molecule has 1 aromatic carbocycles. The lowest BCUT2D eigenvalue weighted by molar-refractivity contribution is 0.0649. The summed E-state index contributed by atoms with van der Waals surface area (Å²) in [5, 5.41) is 4.15. The number of benzene rings is 1. The van der Waals surface area contributed by atoms with E-state index in [1.54, 1.807) is 0 Å². The van der Waals surface area contributed by atoms with Crippen molar-refractivity contribution in [3.63, 3.8) is 0 Å². The van der Waals surface area contributed by atoms with E-state index >= 15 is 0 Å². The van der Waals surface area contributed by atoms with E-state index in [2.05, 4.69) is 22.2 Å². The Morgan fingerprint density at radius 2 is 2.04 bits per heavy atom. The zero-order chi connectivity index (χ0) is 15.6. The lowest BCUT2D eigenvalue weighted by atomic mass is 9.93. The van der Waals surface area contributed by atoms with Crippen LogP contribution >= 0.6 is 0 Å². The van der Waals surface area contributed by atoms with Crippen molar-refractivity contribution in [2.24, 2.45) is 5.92 Å². The van der Waals surface area contributed by atoms with Crippen molar-refractivity contribution in [2.75, 3.05) is 13.1 Å². The highest BCUT2D eigenvalue weighted by Gasteiger charge is 2.28. The highest BCUT2D eigenvalue weighted by Crippen LogP contribution is 2.29. The normalized spacial score (nSPS) is 25.9. The maximum absolute atomic E-state index is 12.8. The van der Waals surface area contributed by atoms with Crippen molar-refractivity contribution in [1.82, 2.24) is 14.7 Å². The first-order valence-corrected chi connectivity index (χ1v) is 8.91. The summed E-state index contributed by atoms with van der Waals surface area (Å²) in [6.07, 6.45) is 12.0. The highest BCUT2D eigenvalue weighted by atomic mass is 16.1. The van der Waals surface area contributed by atoms with E-state index in [1.807, 2.05) is 28.9 Å². The van der Waals surface area contributed by atoms with Gasteiger partial charge in [0.2, 0.25) is 0 Å². The molecule has 122 valence electrons. The van der Waals surface area contributed by atoms with Crippen LogP contribution in [0.2, 0.25) is 0 Å². The molecule has 2 atom stereocenters. The van der Waals surface area contributed by atoms with Gasteiger partial charge in [-0.2, -0.15) is 0 Å². The van der Waals surface area contributed by atoms with Crippen LogP contribution in [-0.4, -0.2) is 27.8 Å². The molecule has 1 N–H and O–H groups in total. The zero-order valence-electron chi connectivity index (χ0n) is 13.6. The molecule has 1 saturated heterocycles. The van der Waals surface area contributed by atoms with Gasteiger partial charge in [-0.1, -0.05) is 24.3 Å². The summed E-state index contributed by atoms with van der Waals surface area (Å²) in [5.41, 5.74) is 1.07. The van der Waals surface area contributed by atoms with Crippen molar-refractivity contribution >= 4 is 10.9 Å². The van der Waals surface area contributed by atoms with Crippen molar-refractivity contribution in [2.45, 2.75) is 44.7 Å². The topological polar surface area (TPSA) is 41.0 Å². The average Bonchev–Trinajstić information content (AvgIpc) is 2.94. The zero-order valence-corrected chi connectivity index (χ0v) is 13.6. The number of nitrogens with zero attached hydrogens (tertiary/aromatic N) is 2. The Morgan fingerprint density at radius 3 is 2.87 bits per heavy atom. The van der Waals surface area contributed by atoms with E-state index in [0.29, 0.717) is 0 Å². The number of hydrogen-bond acceptors (Lipinski definition) is 2. The first-order valence-electron chi connectivity index (χ1n) is 8.91. The van der Waals surface area contributed by atoms with E-state index < -0.39 is 0 Å². The second kappa shape index (κ2) is 6.36. The Hall–Kier alpha value is -1.81. The van der Waals surface area contributed by atoms with Crippen LogP contribution in [0.5, 0.6) is 0 Å². The minimum atomic E-state index is 0.126. The number of likely N-dealkylation sites (tertiary alicyclic amines) is 1. The second-order valence-electron chi connectivity index (χ2n) is 6.95. The van der Waals surface area contributed by atoms with Gasteiger partial charge in [0, 0.05) is 13.1 Å². The maximum atomic E-state index is 12.8. The van der Waals surface area contributed by atoms with E-state index in [1.165, 1.54) is 32.1 Å². The second-order valence-corrected chi connectivity index (χ2v) is 6.95. The van der Waals surface area contributed by atoms with Crippen molar-refractivity contribution in [1.29, 1.82) is 0 Å². The Labute approximate surface area is 136 Å². The minimum absolute atomic E-state index is 0.126. The highest BCUT2D eigenvalue weighted by molar-refractivity contribution is 5.77. The van der Waals surface area contributed by atoms with Gasteiger partial charge in [-0.25, -0.2) is 4.68 Å². The molecule has 0 amide bonds. The minimum Gasteiger partial charge on any atom is -0.293 e. The van der Waals surface area contributed by atoms with Gasteiger partial charge in [-0.3, -0.25) is 14.8 Å². The molecule has 1 aliphatic carbocycles. The van der Waals surface area contributed by atoms with E-state index in [4.69, 9.17) is 0 Å². The molecule has 1 aliphatic heterocycles. The maximum Gasteiger partial charge on any atom is 0.275 e. The number of para-hydroxylation sites is 1. The molecule has 0 spiro atoms. The number of fused-ring (bicyclic) bond motifs is 1. The number of allylic oxidation sites excluding steroid dienone is 2. The average molecular weight is 311 g/mol. The fourth-order valence-electron chi connectivity index (χ4n) is 4.12. The number of aromatic nitrogens is 2. The molecular formula is C19H25N3O. The third-order valence-electron chi connectivity index (χ3n) is 5.36. The molecule has 4 heteroatoms. The molecule has 0 bridgehead atoms. The summed E-state index contributed by atoms with van der Waals surface area (Å²) in [6.45, 7) is 2.21. The molecule has 2 heterocycles. The largest absolute Gasteiger partial charge is 0.293 e. The summed E-state index contributed by atoms with van der Waals surface area (Å²) in [6, 6.07) is 7.83. The summed E-state index contributed by atoms with van der Waals surface area (Å²) in [4.78, 5) is 15.3. The van der Waals surface area contributed by atoms with Crippen molar-refractivity contribution in [3.8, 4) is 0 Å². The molecule has 1 fully saturated rings. The molecule has 2 aliphatic rings. The number of aromatic amines is 1. The summed E-state index contributed by atoms with van der Waals surface area (Å²) < 4.78 is 1.88. The summed E-state index contributed by atoms with van der Waals surface area (Å²) >= 11 is 0. The number of nitrogens with one attached hydrogen (secondary N) is 1. The first-order chi connectivity index (χ1) is 11.3. The Bertz CT molecular complexity index is 757. The van der Waals surface area contributed by atoms with Crippen LogP contribution in [0.15, 0.2) is 41.2 Å². The SMILES string of the molecule is O=c1c2ccccc2[nH]n1C1CCCCN1CC1CC=CCC1. The first kappa shape index (κ1) is 14.8. The van der Waals surface area contributed by atoms with Crippen LogP contribution in [0.3, 0.4) is 0 Å². The van der Waals surface area contributed by atoms with Gasteiger partial charge in [-0.05, 0) is 56.6 Å². The fraction of sp³-hybridized carbons (Fsp3) is 0.526. The third-order valence-corrected chi connectivity index (χ3v) is 5.36. The lowest BCUT2D eigenvalue weighted by Crippen LogP contribution is -2.43. The van der Waals surface area contributed by atoms with Gasteiger partial charge >= 0.3 is 0 Å². The predicted octanol–water partition coefficient (Wildman–Crippen LogP) is 3.67. The van der Waals surface area contributed by atoms with Gasteiger partial charge in [0.05, 0.1) is 10.9 Å². The fourth-order valence-corrected chi connectivity index (χ4v) is 4.12. The smallest absolute Gasteiger partial charge is 0.275 e. The predicted molar refractivity (Wildman–Crippen MR) is 93.5 cm³/mol. The molecule has 0 radical (unpaired) electrons. The van der Waals surface area contributed by atoms with Crippen LogP contribution in [0.25, 0.3) is 10.9 Å². The molecule has 23 heavy (non-hydrogen) atoms. The Morgan fingerprint density at radius 1 is 1.13 bits per heavy atom. The molecular weight excluding hydrogens is 286 g/mol. The summed E-state index contributed by atoms with van der Waals surface area (Å²) in [7, 11) is 0. The van der Waals surface area contributed by atoms with E-state index in [-0.39, 0.29) is 11.7 Å². The van der Waals surface area contributed by atoms with Crippen molar-refractivity contribution < 1.29 is 0 Å². The van der Waals surface area contributed by atoms with Crippen LogP contribution in [0.4, 0.5) is 0 Å². The van der Waals surface area contributed by atoms with Gasteiger partial charge in [-0.15, -0.1) is 0 Å². The van der Waals surface area contributed by atoms with Crippen LogP contribution < -0.4 is 5.56 Å². The summed E-state index contributed by atoms with van der Waals surface area (Å²) in [5.74, 6) is 0.737. The van der Waals surface area contributed by atoms with Crippen LogP contribution in [0, 0.1) is 5.92 Å². The molecule has 4 nitrogen and oxygen atoms in total. The number of H-pyrrole nitrogens is 1. The van der Waals surface area contributed by atoms with E-state index in [0.717, 1.165) is 36.3 Å². The van der Waals surface area contributed by atoms with Gasteiger partial charge in [0.1, 0.15) is 6.17 Å². The number of rotatable bonds is 3. The lowest BCUT2D eigenvalue weighted by Gasteiger charge is -2.38. The van der Waals surface area contributed by atoms with Crippen LogP contribution in [-0.2, 0) is 0 Å². The van der Waals surface area contributed by atoms with Gasteiger partial charge in [0.15, 0.2) is 0 Å². The molecule has 2 aromatic rings. The Balaban J connectivity index is 1.62. The van der Waals surface area contributed by atoms with Crippen LogP contribution in [0.1, 0.15) is 44.7 Å². The molecule has 1 aromatic heterocycles. The van der Waals surface area contributed by atoms with Gasteiger partial charge < -0.3 is 0 Å². The van der Waals surface area contributed by atoms with Crippen molar-refractivity contribution in [3.05, 3.63) is 46.8 Å². The van der Waals surface area contributed by atoms with Gasteiger partial charge in [0.25, 0.3) is 5.56 Å². The molecule has 2 unspecified atom stereocenters. The monoisotopic (exact) mass is 311 g/mol. The Kier molecular flexibility index (Phi) is 4.08. The number of hydrogen-bond donors (Lipinski definition) is 1. The molecule has 4 rings (SSSR count). The number of piperidine rings is 1.